The molecule has 6 nitrogen and oxygen atoms in total. The molecule has 148 valence electrons. The van der Waals surface area contributed by atoms with Crippen LogP contribution in [0, 0.1) is 0 Å². The molecule has 1 heterocycles. The molecule has 0 unspecified atom stereocenters. The number of halogens is 1. The second kappa shape index (κ2) is 8.97. The van der Waals surface area contributed by atoms with Crippen LogP contribution in [0.1, 0.15) is 36.5 Å². The van der Waals surface area contributed by atoms with E-state index < -0.39 is 0 Å². The Morgan fingerprint density at radius 2 is 2.00 bits per heavy atom. The average molecular weight is 402 g/mol. The molecule has 2 aromatic carbocycles. The first-order valence-corrected chi connectivity index (χ1v) is 9.70. The van der Waals surface area contributed by atoms with Crippen molar-refractivity contribution in [1.29, 1.82) is 0 Å². The summed E-state index contributed by atoms with van der Waals surface area (Å²) < 4.78 is 13.3. The maximum absolute atomic E-state index is 12.7. The molecule has 0 saturated heterocycles. The van der Waals surface area contributed by atoms with Crippen molar-refractivity contribution in [2.75, 3.05) is 13.2 Å². The van der Waals surface area contributed by atoms with Crippen molar-refractivity contribution in [2.45, 2.75) is 26.8 Å². The quantitative estimate of drug-likeness (QED) is 0.609. The lowest BCUT2D eigenvalue weighted by Gasteiger charge is -2.15. The molecule has 3 rings (SSSR count). The van der Waals surface area contributed by atoms with Gasteiger partial charge in [-0.2, -0.15) is 0 Å². The molecular formula is C21H24ClN3O3. The fourth-order valence-electron chi connectivity index (χ4n) is 2.92. The van der Waals surface area contributed by atoms with E-state index in [0.717, 1.165) is 23.3 Å². The lowest BCUT2D eigenvalue weighted by atomic mass is 10.2. The first kappa shape index (κ1) is 20.0. The van der Waals surface area contributed by atoms with E-state index in [0.29, 0.717) is 41.8 Å². The predicted molar refractivity (Wildman–Crippen MR) is 110 cm³/mol. The Labute approximate surface area is 169 Å². The number of aryl methyl sites for hydroxylation is 1. The largest absolute Gasteiger partial charge is 0.490 e. The van der Waals surface area contributed by atoms with Crippen LogP contribution < -0.4 is 14.8 Å². The number of aromatic nitrogens is 2. The minimum absolute atomic E-state index is 0.253. The third kappa shape index (κ3) is 4.22. The summed E-state index contributed by atoms with van der Waals surface area (Å²) in [5, 5.41) is 3.25. The SMILES string of the molecule is CCCOc1c(Cl)cc(C(=O)NCc2nc3ccccc3n2C)cc1OCC. The van der Waals surface area contributed by atoms with Crippen molar-refractivity contribution in [3.63, 3.8) is 0 Å². The normalized spacial score (nSPS) is 10.9. The van der Waals surface area contributed by atoms with Crippen molar-refractivity contribution in [3.8, 4) is 11.5 Å². The zero-order valence-corrected chi connectivity index (χ0v) is 17.0. The molecule has 0 saturated carbocycles. The van der Waals surface area contributed by atoms with Crippen LogP contribution in [-0.4, -0.2) is 28.7 Å². The lowest BCUT2D eigenvalue weighted by molar-refractivity contribution is 0.0949. The lowest BCUT2D eigenvalue weighted by Crippen LogP contribution is -2.24. The molecule has 1 aromatic heterocycles. The van der Waals surface area contributed by atoms with Gasteiger partial charge in [0.25, 0.3) is 5.91 Å². The van der Waals surface area contributed by atoms with Gasteiger partial charge in [0.2, 0.25) is 0 Å². The molecule has 0 spiro atoms. The first-order valence-electron chi connectivity index (χ1n) is 9.32. The van der Waals surface area contributed by atoms with Gasteiger partial charge in [-0.15, -0.1) is 0 Å². The Bertz CT molecular complexity index is 984. The van der Waals surface area contributed by atoms with E-state index in [1.54, 1.807) is 12.1 Å². The van der Waals surface area contributed by atoms with Gasteiger partial charge in [0, 0.05) is 12.6 Å². The molecule has 0 aliphatic heterocycles. The number of nitrogens with zero attached hydrogens (tertiary/aromatic N) is 2. The van der Waals surface area contributed by atoms with Crippen molar-refractivity contribution in [2.24, 2.45) is 7.05 Å². The van der Waals surface area contributed by atoms with Crippen molar-refractivity contribution < 1.29 is 14.3 Å². The summed E-state index contributed by atoms with van der Waals surface area (Å²) in [6, 6.07) is 11.1. The number of benzene rings is 2. The van der Waals surface area contributed by atoms with E-state index in [1.807, 2.05) is 49.7 Å². The van der Waals surface area contributed by atoms with Gasteiger partial charge < -0.3 is 19.4 Å². The van der Waals surface area contributed by atoms with Crippen LogP contribution >= 0.6 is 11.6 Å². The predicted octanol–water partition coefficient (Wildman–Crippen LogP) is 4.34. The summed E-state index contributed by atoms with van der Waals surface area (Å²) in [5.41, 5.74) is 2.33. The molecule has 0 aliphatic rings. The topological polar surface area (TPSA) is 65.4 Å². The van der Waals surface area contributed by atoms with Crippen LogP contribution in [0.5, 0.6) is 11.5 Å². The first-order chi connectivity index (χ1) is 13.5. The maximum Gasteiger partial charge on any atom is 0.251 e. The Balaban J connectivity index is 1.78. The van der Waals surface area contributed by atoms with Crippen LogP contribution in [0.15, 0.2) is 36.4 Å². The smallest absolute Gasteiger partial charge is 0.251 e. The summed E-state index contributed by atoms with van der Waals surface area (Å²) in [6.45, 7) is 5.16. The van der Waals surface area contributed by atoms with Gasteiger partial charge in [0.15, 0.2) is 11.5 Å². The highest BCUT2D eigenvalue weighted by molar-refractivity contribution is 6.32. The van der Waals surface area contributed by atoms with Gasteiger partial charge in [0.05, 0.1) is 35.8 Å². The molecule has 0 atom stereocenters. The Kier molecular flexibility index (Phi) is 6.41. The molecule has 7 heteroatoms. The highest BCUT2D eigenvalue weighted by Crippen LogP contribution is 2.36. The van der Waals surface area contributed by atoms with Crippen LogP contribution in [0.4, 0.5) is 0 Å². The third-order valence-electron chi connectivity index (χ3n) is 4.31. The van der Waals surface area contributed by atoms with Gasteiger partial charge >= 0.3 is 0 Å². The zero-order valence-electron chi connectivity index (χ0n) is 16.3. The van der Waals surface area contributed by atoms with E-state index in [2.05, 4.69) is 10.3 Å². The number of hydrogen-bond acceptors (Lipinski definition) is 4. The van der Waals surface area contributed by atoms with Gasteiger partial charge in [-0.25, -0.2) is 4.98 Å². The van der Waals surface area contributed by atoms with Crippen molar-refractivity contribution in [1.82, 2.24) is 14.9 Å². The number of nitrogens with one attached hydrogen (secondary N) is 1. The van der Waals surface area contributed by atoms with E-state index in [4.69, 9.17) is 21.1 Å². The zero-order chi connectivity index (χ0) is 20.1. The summed E-state index contributed by atoms with van der Waals surface area (Å²) in [7, 11) is 1.93. The standard InChI is InChI=1S/C21H24ClN3O3/c1-4-10-28-20-15(22)11-14(12-18(20)27-5-2)21(26)23-13-19-24-16-8-6-7-9-17(16)25(19)3/h6-9,11-12H,4-5,10,13H2,1-3H3,(H,23,26). The minimum Gasteiger partial charge on any atom is -0.490 e. The third-order valence-corrected chi connectivity index (χ3v) is 4.59. The Morgan fingerprint density at radius 3 is 2.71 bits per heavy atom. The summed E-state index contributed by atoms with van der Waals surface area (Å²) in [5.74, 6) is 1.46. The summed E-state index contributed by atoms with van der Waals surface area (Å²) >= 11 is 6.34. The number of carbonyl (C=O) groups is 1. The average Bonchev–Trinajstić information content (AvgIpc) is 3.01. The molecule has 1 amide bonds. The number of imidazole rings is 1. The van der Waals surface area contributed by atoms with Gasteiger partial charge in [-0.3, -0.25) is 4.79 Å². The molecule has 0 radical (unpaired) electrons. The number of fused-ring (bicyclic) bond motifs is 1. The molecule has 28 heavy (non-hydrogen) atoms. The van der Waals surface area contributed by atoms with Crippen LogP contribution in [-0.2, 0) is 13.6 Å². The number of hydrogen-bond donors (Lipinski definition) is 1. The van der Waals surface area contributed by atoms with Crippen LogP contribution in [0.25, 0.3) is 11.0 Å². The van der Waals surface area contributed by atoms with E-state index >= 15 is 0 Å². The number of ether oxygens (including phenoxy) is 2. The van der Waals surface area contributed by atoms with Crippen LogP contribution in [0.2, 0.25) is 5.02 Å². The molecule has 1 N–H and O–H groups in total. The van der Waals surface area contributed by atoms with E-state index in [1.165, 1.54) is 0 Å². The van der Waals surface area contributed by atoms with Gasteiger partial charge in [-0.1, -0.05) is 30.7 Å². The van der Waals surface area contributed by atoms with Gasteiger partial charge in [0.1, 0.15) is 5.82 Å². The highest BCUT2D eigenvalue weighted by atomic mass is 35.5. The summed E-state index contributed by atoms with van der Waals surface area (Å²) in [6.07, 6.45) is 0.849. The highest BCUT2D eigenvalue weighted by Gasteiger charge is 2.17. The Hall–Kier alpha value is -2.73. The molecule has 0 fully saturated rings. The Morgan fingerprint density at radius 1 is 1.21 bits per heavy atom. The summed E-state index contributed by atoms with van der Waals surface area (Å²) in [4.78, 5) is 17.2. The van der Waals surface area contributed by atoms with Crippen molar-refractivity contribution in [3.05, 3.63) is 52.8 Å². The number of amides is 1. The second-order valence-electron chi connectivity index (χ2n) is 6.33. The fourth-order valence-corrected chi connectivity index (χ4v) is 3.19. The molecule has 3 aromatic rings. The number of rotatable bonds is 8. The van der Waals surface area contributed by atoms with Gasteiger partial charge in [-0.05, 0) is 37.6 Å². The monoisotopic (exact) mass is 401 g/mol. The molecular weight excluding hydrogens is 378 g/mol. The van der Waals surface area contributed by atoms with E-state index in [9.17, 15) is 4.79 Å². The maximum atomic E-state index is 12.7. The molecule has 0 aliphatic carbocycles. The van der Waals surface area contributed by atoms with E-state index in [-0.39, 0.29) is 5.91 Å². The number of carbonyl (C=O) groups excluding carboxylic acids is 1. The fraction of sp³-hybridized carbons (Fsp3) is 0.333. The van der Waals surface area contributed by atoms with Crippen LogP contribution in [0.3, 0.4) is 0 Å². The minimum atomic E-state index is -0.253. The second-order valence-corrected chi connectivity index (χ2v) is 6.73. The number of para-hydroxylation sites is 2. The molecule has 0 bridgehead atoms. The van der Waals surface area contributed by atoms with Crippen molar-refractivity contribution >= 4 is 28.5 Å².